The minimum Gasteiger partial charge on any atom is -0.507 e. The van der Waals surface area contributed by atoms with Crippen LogP contribution in [0.3, 0.4) is 0 Å². The molecule has 2 aromatic rings. The van der Waals surface area contributed by atoms with Gasteiger partial charge < -0.3 is 20.3 Å². The molecule has 2 aliphatic heterocycles. The van der Waals surface area contributed by atoms with Gasteiger partial charge in [-0.1, -0.05) is 0 Å². The monoisotopic (exact) mass is 438 g/mol. The number of aromatic nitrogens is 2. The summed E-state index contributed by atoms with van der Waals surface area (Å²) in [6.45, 7) is 1.68. The van der Waals surface area contributed by atoms with Gasteiger partial charge in [-0.05, 0) is 37.6 Å². The summed E-state index contributed by atoms with van der Waals surface area (Å²) in [5.74, 6) is -0.907. The maximum Gasteiger partial charge on any atom is 0.416 e. The third-order valence-corrected chi connectivity index (χ3v) is 5.46. The van der Waals surface area contributed by atoms with Gasteiger partial charge in [0.05, 0.1) is 25.3 Å². The quantitative estimate of drug-likeness (QED) is 0.654. The van der Waals surface area contributed by atoms with Crippen LogP contribution in [0.25, 0.3) is 11.3 Å². The number of hydrogen-bond acceptors (Lipinski definition) is 7. The third kappa shape index (κ3) is 4.57. The Kier molecular flexibility index (Phi) is 5.71. The molecule has 1 aromatic carbocycles. The Morgan fingerprint density at radius 1 is 1.26 bits per heavy atom. The fourth-order valence-electron chi connectivity index (χ4n) is 4.01. The highest BCUT2D eigenvalue weighted by Crippen LogP contribution is 2.39. The van der Waals surface area contributed by atoms with Crippen LogP contribution >= 0.6 is 0 Å². The first kappa shape index (κ1) is 21.3. The van der Waals surface area contributed by atoms with Gasteiger partial charge in [-0.25, -0.2) is 0 Å². The van der Waals surface area contributed by atoms with Gasteiger partial charge in [-0.15, -0.1) is 10.2 Å². The molecule has 4 rings (SSSR count). The van der Waals surface area contributed by atoms with Crippen LogP contribution in [0.15, 0.2) is 18.2 Å². The fraction of sp³-hybridized carbons (Fsp3) is 0.450. The molecule has 0 spiro atoms. The third-order valence-electron chi connectivity index (χ3n) is 5.46. The number of halogens is 3. The van der Waals surface area contributed by atoms with Crippen molar-refractivity contribution < 1.29 is 32.9 Å². The SMILES string of the molecule is O=C(O)CN1CCC[C@@H](Nc2nnc(-c3ccc(C(F)(F)F)cc3O)c3c2COC3)C1. The number of nitrogens with zero attached hydrogens (tertiary/aromatic N) is 3. The lowest BCUT2D eigenvalue weighted by molar-refractivity contribution is -0.139. The standard InChI is InChI=1S/C20H21F3N4O4/c21-20(22,23)11-3-4-13(16(28)6-11)18-14-9-31-10-15(14)19(26-25-18)24-12-2-1-5-27(7-12)8-17(29)30/h3-4,6,12,28H,1-2,5,7-10H2,(H,24,26)(H,29,30)/t12-/m1/s1. The van der Waals surface area contributed by atoms with E-state index in [9.17, 15) is 23.1 Å². The first-order chi connectivity index (χ1) is 14.7. The molecule has 1 fully saturated rings. The molecule has 0 aliphatic carbocycles. The number of ether oxygens (including phenoxy) is 1. The average molecular weight is 438 g/mol. The molecule has 166 valence electrons. The van der Waals surface area contributed by atoms with E-state index in [0.29, 0.717) is 30.5 Å². The number of benzene rings is 1. The van der Waals surface area contributed by atoms with E-state index in [0.717, 1.165) is 24.5 Å². The van der Waals surface area contributed by atoms with Crippen LogP contribution in [0.4, 0.5) is 19.0 Å². The van der Waals surface area contributed by atoms with Gasteiger partial charge in [0.25, 0.3) is 0 Å². The Hall–Kier alpha value is -2.92. The van der Waals surface area contributed by atoms with E-state index >= 15 is 0 Å². The Labute approximate surface area is 175 Å². The molecule has 0 amide bonds. The summed E-state index contributed by atoms with van der Waals surface area (Å²) in [4.78, 5) is 12.8. The number of hydrogen-bond donors (Lipinski definition) is 3. The Bertz CT molecular complexity index is 999. The van der Waals surface area contributed by atoms with Crippen LogP contribution in [0.2, 0.25) is 0 Å². The predicted molar refractivity (Wildman–Crippen MR) is 103 cm³/mol. The van der Waals surface area contributed by atoms with Crippen molar-refractivity contribution in [3.8, 4) is 17.0 Å². The average Bonchev–Trinajstić information content (AvgIpc) is 3.18. The largest absolute Gasteiger partial charge is 0.507 e. The zero-order valence-electron chi connectivity index (χ0n) is 16.4. The van der Waals surface area contributed by atoms with Crippen molar-refractivity contribution in [3.63, 3.8) is 0 Å². The Morgan fingerprint density at radius 2 is 2.03 bits per heavy atom. The predicted octanol–water partition coefficient (Wildman–Crippen LogP) is 2.86. The van der Waals surface area contributed by atoms with Crippen molar-refractivity contribution >= 4 is 11.8 Å². The zero-order chi connectivity index (χ0) is 22.2. The molecule has 11 heteroatoms. The fourth-order valence-corrected chi connectivity index (χ4v) is 4.01. The second kappa shape index (κ2) is 8.31. The maximum atomic E-state index is 12.9. The first-order valence-electron chi connectivity index (χ1n) is 9.80. The van der Waals surface area contributed by atoms with Gasteiger partial charge in [0, 0.05) is 29.3 Å². The van der Waals surface area contributed by atoms with Crippen LogP contribution in [-0.2, 0) is 28.9 Å². The Balaban J connectivity index is 1.59. The first-order valence-corrected chi connectivity index (χ1v) is 9.80. The number of aromatic hydroxyl groups is 1. The van der Waals surface area contributed by atoms with E-state index in [1.54, 1.807) is 0 Å². The number of aliphatic carboxylic acids is 1. The summed E-state index contributed by atoms with van der Waals surface area (Å²) in [7, 11) is 0. The minimum absolute atomic E-state index is 0.0163. The van der Waals surface area contributed by atoms with Crippen molar-refractivity contribution in [2.45, 2.75) is 38.3 Å². The highest BCUT2D eigenvalue weighted by atomic mass is 19.4. The van der Waals surface area contributed by atoms with Gasteiger partial charge in [-0.2, -0.15) is 13.2 Å². The molecule has 3 N–H and O–H groups in total. The van der Waals surface area contributed by atoms with Crippen molar-refractivity contribution in [2.75, 3.05) is 25.0 Å². The molecule has 1 atom stereocenters. The number of rotatable bonds is 5. The normalized spacial score (nSPS) is 19.3. The lowest BCUT2D eigenvalue weighted by atomic mass is 10.0. The maximum absolute atomic E-state index is 12.9. The molecule has 0 bridgehead atoms. The number of phenols is 1. The summed E-state index contributed by atoms with van der Waals surface area (Å²) < 4.78 is 44.2. The minimum atomic E-state index is -4.56. The van der Waals surface area contributed by atoms with E-state index in [1.807, 2.05) is 4.90 Å². The Morgan fingerprint density at radius 3 is 2.74 bits per heavy atom. The number of phenolic OH excluding ortho intramolecular Hbond substituents is 1. The highest BCUT2D eigenvalue weighted by molar-refractivity contribution is 5.73. The molecular weight excluding hydrogens is 417 g/mol. The number of fused-ring (bicyclic) bond motifs is 1. The lowest BCUT2D eigenvalue weighted by Gasteiger charge is -2.32. The molecule has 2 aliphatic rings. The summed E-state index contributed by atoms with van der Waals surface area (Å²) in [5, 5.41) is 30.9. The number of carbonyl (C=O) groups is 1. The summed E-state index contributed by atoms with van der Waals surface area (Å²) in [5.41, 5.74) is 0.876. The van der Waals surface area contributed by atoms with Crippen LogP contribution in [0.1, 0.15) is 29.5 Å². The molecular formula is C20H21F3N4O4. The van der Waals surface area contributed by atoms with E-state index < -0.39 is 23.5 Å². The molecule has 0 radical (unpaired) electrons. The molecule has 1 aromatic heterocycles. The van der Waals surface area contributed by atoms with E-state index in [1.165, 1.54) is 6.07 Å². The van der Waals surface area contributed by atoms with Crippen molar-refractivity contribution in [1.29, 1.82) is 0 Å². The number of likely N-dealkylation sites (tertiary alicyclic amines) is 1. The topological polar surface area (TPSA) is 108 Å². The molecule has 8 nitrogen and oxygen atoms in total. The van der Waals surface area contributed by atoms with Gasteiger partial charge in [0.15, 0.2) is 5.82 Å². The number of nitrogens with one attached hydrogen (secondary N) is 1. The smallest absolute Gasteiger partial charge is 0.416 e. The second-order valence-electron chi connectivity index (χ2n) is 7.69. The van der Waals surface area contributed by atoms with E-state index in [4.69, 9.17) is 9.84 Å². The summed E-state index contributed by atoms with van der Waals surface area (Å²) in [6, 6.07) is 2.73. The van der Waals surface area contributed by atoms with Crippen LogP contribution < -0.4 is 5.32 Å². The summed E-state index contributed by atoms with van der Waals surface area (Å²) >= 11 is 0. The van der Waals surface area contributed by atoms with Crippen LogP contribution in [0.5, 0.6) is 5.75 Å². The number of piperidine rings is 1. The molecule has 0 saturated carbocycles. The van der Waals surface area contributed by atoms with Gasteiger partial charge >= 0.3 is 12.1 Å². The van der Waals surface area contributed by atoms with Crippen molar-refractivity contribution in [1.82, 2.24) is 15.1 Å². The van der Waals surface area contributed by atoms with Crippen LogP contribution in [-0.4, -0.2) is 57.0 Å². The van der Waals surface area contributed by atoms with E-state index in [-0.39, 0.29) is 37.1 Å². The number of anilines is 1. The van der Waals surface area contributed by atoms with Crippen molar-refractivity contribution in [2.24, 2.45) is 0 Å². The zero-order valence-corrected chi connectivity index (χ0v) is 16.4. The van der Waals surface area contributed by atoms with Crippen LogP contribution in [0, 0.1) is 0 Å². The number of alkyl halides is 3. The van der Waals surface area contributed by atoms with Gasteiger partial charge in [0.1, 0.15) is 11.4 Å². The van der Waals surface area contributed by atoms with Gasteiger partial charge in [-0.3, -0.25) is 9.69 Å². The van der Waals surface area contributed by atoms with E-state index in [2.05, 4.69) is 15.5 Å². The molecule has 3 heterocycles. The summed E-state index contributed by atoms with van der Waals surface area (Å²) in [6.07, 6.45) is -2.88. The second-order valence-corrected chi connectivity index (χ2v) is 7.69. The van der Waals surface area contributed by atoms with Crippen molar-refractivity contribution in [3.05, 3.63) is 34.9 Å². The van der Waals surface area contributed by atoms with Gasteiger partial charge in [0.2, 0.25) is 0 Å². The number of carboxylic acid groups (broad SMARTS) is 1. The molecule has 1 saturated heterocycles. The molecule has 31 heavy (non-hydrogen) atoms. The number of carboxylic acids is 1. The lowest BCUT2D eigenvalue weighted by Crippen LogP contribution is -2.44. The highest BCUT2D eigenvalue weighted by Gasteiger charge is 2.32. The molecule has 0 unspecified atom stereocenters.